The number of carbonyl (C=O) groups is 1. The van der Waals surface area contributed by atoms with Gasteiger partial charge in [0.15, 0.2) is 5.94 Å². The Balaban J connectivity index is 1.78. The number of esters is 1. The molecule has 7 nitrogen and oxygen atoms in total. The van der Waals surface area contributed by atoms with Gasteiger partial charge in [-0.25, -0.2) is 12.8 Å². The number of halogens is 1. The van der Waals surface area contributed by atoms with E-state index in [1.165, 1.54) is 24.3 Å². The third kappa shape index (κ3) is 9.67. The second-order valence-electron chi connectivity index (χ2n) is 8.77. The Morgan fingerprint density at radius 3 is 2.41 bits per heavy atom. The molecule has 1 aromatic carbocycles. The molecule has 0 unspecified atom stereocenters. The van der Waals surface area contributed by atoms with Gasteiger partial charge in [0.2, 0.25) is 9.84 Å². The van der Waals surface area contributed by atoms with Crippen molar-refractivity contribution >= 4 is 15.8 Å². The van der Waals surface area contributed by atoms with Crippen LogP contribution in [0.15, 0.2) is 41.1 Å². The van der Waals surface area contributed by atoms with Gasteiger partial charge in [0.1, 0.15) is 18.0 Å². The van der Waals surface area contributed by atoms with Gasteiger partial charge in [-0.15, -0.1) is 0 Å². The molecule has 1 aliphatic rings. The first-order valence-electron chi connectivity index (χ1n) is 10.7. The lowest BCUT2D eigenvalue weighted by molar-refractivity contribution is -0.154. The first-order chi connectivity index (χ1) is 15.1. The van der Waals surface area contributed by atoms with Crippen molar-refractivity contribution in [3.05, 3.63) is 36.2 Å². The molecule has 1 saturated heterocycles. The predicted octanol–water partition coefficient (Wildman–Crippen LogP) is 4.22. The van der Waals surface area contributed by atoms with Gasteiger partial charge >= 0.3 is 5.97 Å². The maximum Gasteiger partial charge on any atom is 0.306 e. The third-order valence-corrected chi connectivity index (χ3v) is 6.23. The van der Waals surface area contributed by atoms with E-state index in [9.17, 15) is 17.6 Å². The molecule has 1 heterocycles. The van der Waals surface area contributed by atoms with Crippen molar-refractivity contribution in [2.75, 3.05) is 32.4 Å². The summed E-state index contributed by atoms with van der Waals surface area (Å²) in [6.45, 7) is 7.00. The second-order valence-corrected chi connectivity index (χ2v) is 10.7. The molecule has 32 heavy (non-hydrogen) atoms. The molecular weight excluding hydrogens is 439 g/mol. The van der Waals surface area contributed by atoms with Crippen LogP contribution in [0.3, 0.4) is 0 Å². The van der Waals surface area contributed by atoms with Gasteiger partial charge in [0.25, 0.3) is 0 Å². The smallest absolute Gasteiger partial charge is 0.306 e. The molecule has 0 atom stereocenters. The van der Waals surface area contributed by atoms with E-state index in [4.69, 9.17) is 18.9 Å². The summed E-state index contributed by atoms with van der Waals surface area (Å²) < 4.78 is 59.5. The van der Waals surface area contributed by atoms with E-state index >= 15 is 0 Å². The fourth-order valence-electron chi connectivity index (χ4n) is 3.04. The van der Waals surface area contributed by atoms with Gasteiger partial charge in [-0.05, 0) is 75.8 Å². The topological polar surface area (TPSA) is 88.1 Å². The maximum absolute atomic E-state index is 13.1. The molecule has 0 saturated carbocycles. The van der Waals surface area contributed by atoms with Crippen LogP contribution in [-0.2, 0) is 28.8 Å². The van der Waals surface area contributed by atoms with Crippen molar-refractivity contribution in [1.29, 1.82) is 0 Å². The Morgan fingerprint density at radius 1 is 1.16 bits per heavy atom. The Kier molecular flexibility index (Phi) is 10.1. The van der Waals surface area contributed by atoms with Crippen molar-refractivity contribution in [2.24, 2.45) is 5.92 Å². The molecule has 0 radical (unpaired) electrons. The lowest BCUT2D eigenvalue weighted by Crippen LogP contribution is -2.23. The van der Waals surface area contributed by atoms with Gasteiger partial charge < -0.3 is 18.9 Å². The molecule has 0 spiro atoms. The molecular formula is C23H33FO7S. The van der Waals surface area contributed by atoms with Gasteiger partial charge in [0.05, 0.1) is 17.8 Å². The SMILES string of the molecule is CC(C)(C)OC(=O)CC/C(=C\F)COc1ccc(S(=O)(=O)COCC2CCOCC2)cc1. The number of hydrogen-bond donors (Lipinski definition) is 0. The molecule has 9 heteroatoms. The highest BCUT2D eigenvalue weighted by molar-refractivity contribution is 7.91. The van der Waals surface area contributed by atoms with Crippen molar-refractivity contribution in [3.8, 4) is 5.75 Å². The minimum atomic E-state index is -3.58. The summed E-state index contributed by atoms with van der Waals surface area (Å²) in [5.74, 6) is -0.0822. The van der Waals surface area contributed by atoms with E-state index in [0.29, 0.717) is 43.4 Å². The van der Waals surface area contributed by atoms with E-state index in [1.807, 2.05) is 0 Å². The maximum atomic E-state index is 13.1. The molecule has 1 aliphatic heterocycles. The Labute approximate surface area is 189 Å². The molecule has 1 aromatic rings. The fourth-order valence-corrected chi connectivity index (χ4v) is 4.04. The number of rotatable bonds is 11. The lowest BCUT2D eigenvalue weighted by atomic mass is 10.0. The van der Waals surface area contributed by atoms with Crippen LogP contribution >= 0.6 is 0 Å². The van der Waals surface area contributed by atoms with Crippen LogP contribution in [0.25, 0.3) is 0 Å². The van der Waals surface area contributed by atoms with Gasteiger partial charge in [-0.2, -0.15) is 0 Å². The minimum absolute atomic E-state index is 0.0431. The normalized spacial score (nSPS) is 16.1. The Morgan fingerprint density at radius 2 is 1.81 bits per heavy atom. The zero-order valence-corrected chi connectivity index (χ0v) is 19.8. The summed E-state index contributed by atoms with van der Waals surface area (Å²) in [5.41, 5.74) is -0.292. The first-order valence-corrected chi connectivity index (χ1v) is 12.4. The molecule has 180 valence electrons. The van der Waals surface area contributed by atoms with Crippen molar-refractivity contribution in [2.45, 2.75) is 57.0 Å². The van der Waals surface area contributed by atoms with Crippen molar-refractivity contribution in [3.63, 3.8) is 0 Å². The molecule has 2 rings (SSSR count). The number of ether oxygens (including phenoxy) is 4. The summed E-state index contributed by atoms with van der Waals surface area (Å²) in [7, 11) is -3.58. The van der Waals surface area contributed by atoms with Crippen molar-refractivity contribution in [1.82, 2.24) is 0 Å². The van der Waals surface area contributed by atoms with Crippen LogP contribution in [0.2, 0.25) is 0 Å². The summed E-state index contributed by atoms with van der Waals surface area (Å²) >= 11 is 0. The fraction of sp³-hybridized carbons (Fsp3) is 0.609. The Bertz CT molecular complexity index is 851. The first kappa shape index (κ1) is 26.3. The van der Waals surface area contributed by atoms with Gasteiger partial charge in [0, 0.05) is 19.6 Å². The average molecular weight is 473 g/mol. The summed E-state index contributed by atoms with van der Waals surface area (Å²) in [4.78, 5) is 11.9. The molecule has 1 fully saturated rings. The monoisotopic (exact) mass is 472 g/mol. The summed E-state index contributed by atoms with van der Waals surface area (Å²) in [6, 6.07) is 5.88. The van der Waals surface area contributed by atoms with E-state index in [0.717, 1.165) is 12.8 Å². The highest BCUT2D eigenvalue weighted by Gasteiger charge is 2.19. The molecule has 0 bridgehead atoms. The minimum Gasteiger partial charge on any atom is -0.489 e. The van der Waals surface area contributed by atoms with E-state index in [1.54, 1.807) is 20.8 Å². The van der Waals surface area contributed by atoms with Gasteiger partial charge in [-0.3, -0.25) is 4.79 Å². The van der Waals surface area contributed by atoms with Crippen LogP contribution in [0.5, 0.6) is 5.75 Å². The molecule has 0 N–H and O–H groups in total. The Hall–Kier alpha value is -1.97. The number of benzene rings is 1. The zero-order chi connectivity index (χ0) is 23.6. The predicted molar refractivity (Wildman–Crippen MR) is 118 cm³/mol. The van der Waals surface area contributed by atoms with Crippen molar-refractivity contribution < 1.29 is 36.6 Å². The van der Waals surface area contributed by atoms with E-state index in [2.05, 4.69) is 0 Å². The van der Waals surface area contributed by atoms with Crippen LogP contribution in [0.4, 0.5) is 4.39 Å². The van der Waals surface area contributed by atoms with Crippen LogP contribution in [-0.4, -0.2) is 52.4 Å². The van der Waals surface area contributed by atoms with Crippen LogP contribution < -0.4 is 4.74 Å². The standard InChI is InChI=1S/C23H33FO7S/c1-23(2,3)31-22(25)9-4-19(14-24)16-30-20-5-7-21(8-6-20)32(26,27)17-29-15-18-10-12-28-13-11-18/h5-8,14,18H,4,9-13,15-17H2,1-3H3/b19-14+. The highest BCUT2D eigenvalue weighted by atomic mass is 32.2. The molecule has 0 aliphatic carbocycles. The van der Waals surface area contributed by atoms with E-state index < -0.39 is 21.4 Å². The van der Waals surface area contributed by atoms with Crippen LogP contribution in [0.1, 0.15) is 46.5 Å². The summed E-state index contributed by atoms with van der Waals surface area (Å²) in [6.07, 6.45) is 2.38. The second kappa shape index (κ2) is 12.3. The third-order valence-electron chi connectivity index (χ3n) is 4.76. The molecule has 0 aromatic heterocycles. The van der Waals surface area contributed by atoms with Crippen LogP contribution in [0, 0.1) is 5.92 Å². The quantitative estimate of drug-likeness (QED) is 0.446. The number of sulfone groups is 1. The summed E-state index contributed by atoms with van der Waals surface area (Å²) in [5, 5.41) is 0. The van der Waals surface area contributed by atoms with Gasteiger partial charge in [-0.1, -0.05) is 0 Å². The largest absolute Gasteiger partial charge is 0.489 e. The highest BCUT2D eigenvalue weighted by Crippen LogP contribution is 2.20. The number of hydrogen-bond acceptors (Lipinski definition) is 7. The molecule has 0 amide bonds. The van der Waals surface area contributed by atoms with E-state index in [-0.39, 0.29) is 30.3 Å². The zero-order valence-electron chi connectivity index (χ0n) is 19.0. The lowest BCUT2D eigenvalue weighted by Gasteiger charge is -2.21. The number of carbonyl (C=O) groups excluding carboxylic acids is 1. The average Bonchev–Trinajstić information content (AvgIpc) is 2.73.